The van der Waals surface area contributed by atoms with Crippen LogP contribution < -0.4 is 4.57 Å². The maximum absolute atomic E-state index is 5.95. The lowest BCUT2D eigenvalue weighted by atomic mass is 9.97. The molecule has 3 heterocycles. The zero-order valence-electron chi connectivity index (χ0n) is 14.5. The Bertz CT molecular complexity index is 1060. The van der Waals surface area contributed by atoms with Crippen molar-refractivity contribution in [1.82, 2.24) is 4.98 Å². The number of benzene rings is 1. The van der Waals surface area contributed by atoms with Gasteiger partial charge in [-0.2, -0.15) is 0 Å². The molecule has 0 fully saturated rings. The van der Waals surface area contributed by atoms with Gasteiger partial charge in [0.1, 0.15) is 12.6 Å². The van der Waals surface area contributed by atoms with Crippen LogP contribution >= 0.6 is 0 Å². The second-order valence-corrected chi connectivity index (χ2v) is 6.70. The van der Waals surface area contributed by atoms with E-state index in [4.69, 9.17) is 4.42 Å². The van der Waals surface area contributed by atoms with Gasteiger partial charge in [0.2, 0.25) is 11.4 Å². The average molecular weight is 317 g/mol. The molecular weight excluding hydrogens is 296 g/mol. The fraction of sp³-hybridized carbons (Fsp3) is 0.238. The highest BCUT2D eigenvalue weighted by molar-refractivity contribution is 6.11. The molecule has 3 nitrogen and oxygen atoms in total. The number of pyridine rings is 2. The topological polar surface area (TPSA) is 29.9 Å². The smallest absolute Gasteiger partial charge is 0.227 e. The summed E-state index contributed by atoms with van der Waals surface area (Å²) in [4.78, 5) is 4.37. The Morgan fingerprint density at radius 1 is 1.08 bits per heavy atom. The van der Waals surface area contributed by atoms with E-state index in [-0.39, 0.29) is 0 Å². The maximum atomic E-state index is 5.95. The summed E-state index contributed by atoms with van der Waals surface area (Å²) in [7, 11) is 2.11. The first-order valence-electron chi connectivity index (χ1n) is 8.33. The second-order valence-electron chi connectivity index (χ2n) is 6.70. The molecule has 3 aromatic heterocycles. The summed E-state index contributed by atoms with van der Waals surface area (Å²) in [6, 6.07) is 12.6. The van der Waals surface area contributed by atoms with Crippen molar-refractivity contribution >= 4 is 22.1 Å². The van der Waals surface area contributed by atoms with Crippen molar-refractivity contribution in [2.75, 3.05) is 0 Å². The first-order chi connectivity index (χ1) is 11.6. The SMILES string of the molecule is Cc1ccc2oc3ncccc3c2c1-c1ccc(C(C)C)c[n+]1C. The molecule has 0 bridgehead atoms. The summed E-state index contributed by atoms with van der Waals surface area (Å²) >= 11 is 0. The number of fused-ring (bicyclic) bond motifs is 3. The van der Waals surface area contributed by atoms with Gasteiger partial charge < -0.3 is 4.42 Å². The molecule has 0 aliphatic heterocycles. The highest BCUT2D eigenvalue weighted by Crippen LogP contribution is 2.36. The largest absolute Gasteiger partial charge is 0.438 e. The first kappa shape index (κ1) is 14.9. The molecule has 0 saturated heterocycles. The highest BCUT2D eigenvalue weighted by atomic mass is 16.3. The zero-order chi connectivity index (χ0) is 16.8. The van der Waals surface area contributed by atoms with E-state index in [2.05, 4.69) is 67.8 Å². The van der Waals surface area contributed by atoms with E-state index < -0.39 is 0 Å². The van der Waals surface area contributed by atoms with Gasteiger partial charge in [0.15, 0.2) is 6.20 Å². The molecular formula is C21H21N2O+. The molecule has 120 valence electrons. The third-order valence-electron chi connectivity index (χ3n) is 4.70. The van der Waals surface area contributed by atoms with E-state index in [9.17, 15) is 0 Å². The normalized spacial score (nSPS) is 11.7. The maximum Gasteiger partial charge on any atom is 0.227 e. The van der Waals surface area contributed by atoms with Crippen LogP contribution in [0.4, 0.5) is 0 Å². The monoisotopic (exact) mass is 317 g/mol. The Hall–Kier alpha value is -2.68. The predicted molar refractivity (Wildman–Crippen MR) is 97.0 cm³/mol. The van der Waals surface area contributed by atoms with Crippen molar-refractivity contribution in [3.8, 4) is 11.3 Å². The molecule has 0 N–H and O–H groups in total. The molecule has 24 heavy (non-hydrogen) atoms. The quantitative estimate of drug-likeness (QED) is 0.492. The molecule has 0 spiro atoms. The Morgan fingerprint density at radius 3 is 2.67 bits per heavy atom. The van der Waals surface area contributed by atoms with Gasteiger partial charge in [-0.3, -0.25) is 0 Å². The third kappa shape index (κ3) is 2.20. The van der Waals surface area contributed by atoms with E-state index in [1.165, 1.54) is 22.4 Å². The molecule has 3 heteroatoms. The molecule has 0 radical (unpaired) electrons. The summed E-state index contributed by atoms with van der Waals surface area (Å²) in [6.07, 6.45) is 3.99. The van der Waals surface area contributed by atoms with Gasteiger partial charge in [-0.1, -0.05) is 19.9 Å². The fourth-order valence-electron chi connectivity index (χ4n) is 3.37. The first-order valence-corrected chi connectivity index (χ1v) is 8.33. The van der Waals surface area contributed by atoms with Gasteiger partial charge in [-0.25, -0.2) is 9.55 Å². The predicted octanol–water partition coefficient (Wildman–Crippen LogP) is 4.90. The Labute approximate surface area is 141 Å². The van der Waals surface area contributed by atoms with E-state index in [0.29, 0.717) is 11.6 Å². The molecule has 0 aliphatic rings. The van der Waals surface area contributed by atoms with Crippen molar-refractivity contribution < 1.29 is 8.98 Å². The van der Waals surface area contributed by atoms with Crippen LogP contribution in [0.15, 0.2) is 53.2 Å². The number of hydrogen-bond acceptors (Lipinski definition) is 2. The zero-order valence-corrected chi connectivity index (χ0v) is 14.5. The number of aryl methyl sites for hydroxylation is 2. The number of furan rings is 1. The van der Waals surface area contributed by atoms with Crippen molar-refractivity contribution in [2.45, 2.75) is 26.7 Å². The summed E-state index contributed by atoms with van der Waals surface area (Å²) in [6.45, 7) is 6.59. The Balaban J connectivity index is 2.08. The fourth-order valence-corrected chi connectivity index (χ4v) is 3.37. The van der Waals surface area contributed by atoms with Gasteiger partial charge in [0, 0.05) is 28.6 Å². The molecule has 0 amide bonds. The molecule has 4 rings (SSSR count). The highest BCUT2D eigenvalue weighted by Gasteiger charge is 2.21. The van der Waals surface area contributed by atoms with E-state index in [0.717, 1.165) is 16.4 Å². The lowest BCUT2D eigenvalue weighted by Crippen LogP contribution is -2.31. The number of rotatable bonds is 2. The molecule has 0 saturated carbocycles. The van der Waals surface area contributed by atoms with E-state index in [1.807, 2.05) is 12.1 Å². The number of hydrogen-bond donors (Lipinski definition) is 0. The molecule has 0 aliphatic carbocycles. The Kier molecular flexibility index (Phi) is 3.38. The number of nitrogens with zero attached hydrogens (tertiary/aromatic N) is 2. The summed E-state index contributed by atoms with van der Waals surface area (Å²) in [5, 5.41) is 2.21. The van der Waals surface area contributed by atoms with Crippen LogP contribution in [0.25, 0.3) is 33.3 Å². The third-order valence-corrected chi connectivity index (χ3v) is 4.70. The van der Waals surface area contributed by atoms with Crippen LogP contribution in [0.1, 0.15) is 30.9 Å². The van der Waals surface area contributed by atoms with Crippen molar-refractivity contribution in [1.29, 1.82) is 0 Å². The van der Waals surface area contributed by atoms with Gasteiger partial charge in [-0.15, -0.1) is 0 Å². The van der Waals surface area contributed by atoms with Crippen LogP contribution in [0.5, 0.6) is 0 Å². The van der Waals surface area contributed by atoms with Crippen LogP contribution in [0, 0.1) is 6.92 Å². The minimum Gasteiger partial charge on any atom is -0.438 e. The average Bonchev–Trinajstić information content (AvgIpc) is 2.94. The lowest BCUT2D eigenvalue weighted by molar-refractivity contribution is -0.660. The van der Waals surface area contributed by atoms with Gasteiger partial charge >= 0.3 is 0 Å². The summed E-state index contributed by atoms with van der Waals surface area (Å²) in [5.74, 6) is 0.515. The Morgan fingerprint density at radius 2 is 1.92 bits per heavy atom. The second kappa shape index (κ2) is 5.45. The van der Waals surface area contributed by atoms with Crippen molar-refractivity contribution in [3.63, 3.8) is 0 Å². The van der Waals surface area contributed by atoms with Crippen LogP contribution in [0.2, 0.25) is 0 Å². The summed E-state index contributed by atoms with van der Waals surface area (Å²) in [5.41, 5.74) is 6.57. The van der Waals surface area contributed by atoms with Crippen molar-refractivity contribution in [3.05, 3.63) is 59.9 Å². The number of aromatic nitrogens is 2. The minimum absolute atomic E-state index is 0.515. The lowest BCUT2D eigenvalue weighted by Gasteiger charge is -2.09. The molecule has 4 aromatic rings. The van der Waals surface area contributed by atoms with E-state index in [1.54, 1.807) is 6.20 Å². The van der Waals surface area contributed by atoms with Gasteiger partial charge in [-0.05, 0) is 42.7 Å². The summed E-state index contributed by atoms with van der Waals surface area (Å²) < 4.78 is 8.17. The van der Waals surface area contributed by atoms with Gasteiger partial charge in [0.05, 0.1) is 5.56 Å². The van der Waals surface area contributed by atoms with Crippen LogP contribution in [0.3, 0.4) is 0 Å². The molecule has 1 aromatic carbocycles. The minimum atomic E-state index is 0.515. The standard InChI is InChI=1S/C21H21N2O/c1-13(2)15-8-9-17(23(4)12-15)19-14(3)7-10-18-20(19)16-6-5-11-22-21(16)24-18/h5-13H,1-4H3/q+1. The van der Waals surface area contributed by atoms with Crippen molar-refractivity contribution in [2.24, 2.45) is 7.05 Å². The molecule has 0 unspecified atom stereocenters. The van der Waals surface area contributed by atoms with Gasteiger partial charge in [0.25, 0.3) is 0 Å². The molecule has 0 atom stereocenters. The van der Waals surface area contributed by atoms with Crippen LogP contribution in [-0.2, 0) is 7.05 Å². The van der Waals surface area contributed by atoms with E-state index >= 15 is 0 Å². The van der Waals surface area contributed by atoms with Crippen LogP contribution in [-0.4, -0.2) is 4.98 Å².